The third-order valence-electron chi connectivity index (χ3n) is 1.62. The summed E-state index contributed by atoms with van der Waals surface area (Å²) in [5.41, 5.74) is 2.39. The van der Waals surface area contributed by atoms with Gasteiger partial charge < -0.3 is 0 Å². The van der Waals surface area contributed by atoms with Crippen LogP contribution in [0.4, 0.5) is 0 Å². The average Bonchev–Trinajstić information content (AvgIpc) is 2.19. The van der Waals surface area contributed by atoms with E-state index in [1.807, 2.05) is 24.3 Å². The van der Waals surface area contributed by atoms with Crippen LogP contribution in [0.25, 0.3) is 6.08 Å². The van der Waals surface area contributed by atoms with Crippen LogP contribution < -0.4 is 0 Å². The van der Waals surface area contributed by atoms with Gasteiger partial charge in [-0.05, 0) is 11.1 Å². The second-order valence-corrected chi connectivity index (χ2v) is 3.20. The van der Waals surface area contributed by atoms with Gasteiger partial charge in [0, 0.05) is 5.33 Å². The quantitative estimate of drug-likeness (QED) is 0.736. The van der Waals surface area contributed by atoms with Gasteiger partial charge in [-0.1, -0.05) is 52.3 Å². The zero-order valence-electron chi connectivity index (χ0n) is 7.20. The van der Waals surface area contributed by atoms with E-state index >= 15 is 0 Å². The van der Waals surface area contributed by atoms with E-state index in [9.17, 15) is 0 Å². The summed E-state index contributed by atoms with van der Waals surface area (Å²) in [7, 11) is 0. The second-order valence-electron chi connectivity index (χ2n) is 2.64. The van der Waals surface area contributed by atoms with Crippen LogP contribution in [0.5, 0.6) is 0 Å². The van der Waals surface area contributed by atoms with Crippen LogP contribution in [0.3, 0.4) is 0 Å². The van der Waals surface area contributed by atoms with Crippen molar-refractivity contribution in [3.8, 4) is 6.07 Å². The molecule has 2 heteroatoms. The van der Waals surface area contributed by atoms with Crippen molar-refractivity contribution in [3.05, 3.63) is 41.5 Å². The van der Waals surface area contributed by atoms with Crippen molar-refractivity contribution in [2.75, 3.05) is 0 Å². The van der Waals surface area contributed by atoms with E-state index in [4.69, 9.17) is 5.26 Å². The minimum Gasteiger partial charge on any atom is -0.198 e. The number of nitrogens with zero attached hydrogens (tertiary/aromatic N) is 1. The number of benzene rings is 1. The van der Waals surface area contributed by atoms with Crippen LogP contribution in [0.15, 0.2) is 30.3 Å². The first-order valence-electron chi connectivity index (χ1n) is 4.05. The molecular formula is C11H10BrN. The Morgan fingerprint density at radius 3 is 3.00 bits per heavy atom. The van der Waals surface area contributed by atoms with Gasteiger partial charge in [0.2, 0.25) is 0 Å². The first-order chi connectivity index (χ1) is 6.36. The Kier molecular flexibility index (Phi) is 4.28. The maximum Gasteiger partial charge on any atom is 0.0663 e. The summed E-state index contributed by atoms with van der Waals surface area (Å²) >= 11 is 3.40. The van der Waals surface area contributed by atoms with E-state index < -0.39 is 0 Å². The molecule has 0 radical (unpaired) electrons. The molecule has 1 aromatic carbocycles. The van der Waals surface area contributed by atoms with Gasteiger partial charge in [0.05, 0.1) is 12.5 Å². The lowest BCUT2D eigenvalue weighted by Crippen LogP contribution is -1.77. The molecule has 13 heavy (non-hydrogen) atoms. The molecule has 0 unspecified atom stereocenters. The van der Waals surface area contributed by atoms with Gasteiger partial charge in [-0.3, -0.25) is 0 Å². The molecule has 1 rings (SSSR count). The van der Waals surface area contributed by atoms with E-state index in [1.54, 1.807) is 0 Å². The average molecular weight is 236 g/mol. The Bertz CT molecular complexity index is 336. The lowest BCUT2D eigenvalue weighted by molar-refractivity contribution is 1.36. The van der Waals surface area contributed by atoms with Crippen molar-refractivity contribution in [2.45, 2.75) is 11.8 Å². The van der Waals surface area contributed by atoms with Crippen LogP contribution in [0.2, 0.25) is 0 Å². The van der Waals surface area contributed by atoms with Crippen LogP contribution in [0.1, 0.15) is 17.5 Å². The molecule has 1 nitrogen and oxygen atoms in total. The Labute approximate surface area is 86.8 Å². The van der Waals surface area contributed by atoms with Crippen molar-refractivity contribution in [2.24, 2.45) is 0 Å². The summed E-state index contributed by atoms with van der Waals surface area (Å²) in [6.07, 6.45) is 4.31. The Balaban J connectivity index is 2.73. The number of alkyl halides is 1. The third-order valence-corrected chi connectivity index (χ3v) is 2.27. The van der Waals surface area contributed by atoms with Crippen molar-refractivity contribution in [3.63, 3.8) is 0 Å². The Morgan fingerprint density at radius 1 is 1.46 bits per heavy atom. The van der Waals surface area contributed by atoms with Gasteiger partial charge in [0.15, 0.2) is 0 Å². The maximum absolute atomic E-state index is 8.34. The molecular weight excluding hydrogens is 226 g/mol. The molecule has 0 aromatic heterocycles. The van der Waals surface area contributed by atoms with Crippen molar-refractivity contribution >= 4 is 22.0 Å². The van der Waals surface area contributed by atoms with E-state index in [2.05, 4.69) is 34.1 Å². The summed E-state index contributed by atoms with van der Waals surface area (Å²) < 4.78 is 0. The van der Waals surface area contributed by atoms with Crippen molar-refractivity contribution in [1.82, 2.24) is 0 Å². The highest BCUT2D eigenvalue weighted by Gasteiger charge is 1.89. The van der Waals surface area contributed by atoms with E-state index in [0.717, 1.165) is 10.9 Å². The lowest BCUT2D eigenvalue weighted by Gasteiger charge is -1.96. The topological polar surface area (TPSA) is 23.8 Å². The summed E-state index contributed by atoms with van der Waals surface area (Å²) in [5.74, 6) is 0. The molecule has 0 bridgehead atoms. The molecule has 0 aliphatic heterocycles. The minimum absolute atomic E-state index is 0.471. The highest BCUT2D eigenvalue weighted by molar-refractivity contribution is 9.08. The van der Waals surface area contributed by atoms with Crippen LogP contribution in [0, 0.1) is 11.3 Å². The smallest absolute Gasteiger partial charge is 0.0663 e. The molecule has 0 saturated heterocycles. The molecule has 0 amide bonds. The molecule has 0 spiro atoms. The lowest BCUT2D eigenvalue weighted by atomic mass is 10.1. The largest absolute Gasteiger partial charge is 0.198 e. The number of nitriles is 1. The first kappa shape index (κ1) is 10.0. The molecule has 0 aliphatic carbocycles. The van der Waals surface area contributed by atoms with Crippen LogP contribution in [-0.2, 0) is 5.33 Å². The van der Waals surface area contributed by atoms with Gasteiger partial charge in [-0.15, -0.1) is 0 Å². The van der Waals surface area contributed by atoms with Crippen LogP contribution >= 0.6 is 15.9 Å². The molecule has 1 aromatic rings. The van der Waals surface area contributed by atoms with Crippen LogP contribution in [-0.4, -0.2) is 0 Å². The zero-order chi connectivity index (χ0) is 9.52. The maximum atomic E-state index is 8.34. The summed E-state index contributed by atoms with van der Waals surface area (Å²) in [6.45, 7) is 0. The SMILES string of the molecule is N#CCC=Cc1cccc(CBr)c1. The Hall–Kier alpha value is -1.07. The molecule has 0 heterocycles. The molecule has 0 N–H and O–H groups in total. The highest BCUT2D eigenvalue weighted by Crippen LogP contribution is 2.10. The predicted molar refractivity (Wildman–Crippen MR) is 58.3 cm³/mol. The van der Waals surface area contributed by atoms with Crippen molar-refractivity contribution < 1.29 is 0 Å². The van der Waals surface area contributed by atoms with Crippen molar-refractivity contribution in [1.29, 1.82) is 5.26 Å². The number of halogens is 1. The van der Waals surface area contributed by atoms with Gasteiger partial charge in [0.1, 0.15) is 0 Å². The van der Waals surface area contributed by atoms with E-state index in [-0.39, 0.29) is 0 Å². The summed E-state index contributed by atoms with van der Waals surface area (Å²) in [6, 6.07) is 10.3. The third kappa shape index (κ3) is 3.43. The molecule has 0 aliphatic rings. The monoisotopic (exact) mass is 235 g/mol. The fourth-order valence-corrected chi connectivity index (χ4v) is 1.38. The fraction of sp³-hybridized carbons (Fsp3) is 0.182. The zero-order valence-corrected chi connectivity index (χ0v) is 8.79. The predicted octanol–water partition coefficient (Wildman–Crippen LogP) is 3.51. The standard InChI is InChI=1S/C11H10BrN/c12-9-11-6-3-5-10(8-11)4-1-2-7-13/h1,3-6,8H,2,9H2. The van der Waals surface area contributed by atoms with Gasteiger partial charge >= 0.3 is 0 Å². The van der Waals surface area contributed by atoms with E-state index in [0.29, 0.717) is 6.42 Å². The molecule has 0 fully saturated rings. The second kappa shape index (κ2) is 5.55. The van der Waals surface area contributed by atoms with Gasteiger partial charge in [-0.2, -0.15) is 5.26 Å². The first-order valence-corrected chi connectivity index (χ1v) is 5.17. The Morgan fingerprint density at radius 2 is 2.31 bits per heavy atom. The normalized spacial score (nSPS) is 10.2. The summed E-state index contributed by atoms with van der Waals surface area (Å²) in [4.78, 5) is 0. The van der Waals surface area contributed by atoms with Gasteiger partial charge in [-0.25, -0.2) is 0 Å². The molecule has 0 atom stereocenters. The number of allylic oxidation sites excluding steroid dienone is 1. The number of hydrogen-bond acceptors (Lipinski definition) is 1. The highest BCUT2D eigenvalue weighted by atomic mass is 79.9. The molecule has 66 valence electrons. The van der Waals surface area contributed by atoms with E-state index in [1.165, 1.54) is 5.56 Å². The molecule has 0 saturated carbocycles. The fourth-order valence-electron chi connectivity index (χ4n) is 1.03. The number of hydrogen-bond donors (Lipinski definition) is 0. The number of rotatable bonds is 3. The minimum atomic E-state index is 0.471. The summed E-state index contributed by atoms with van der Waals surface area (Å²) in [5, 5.41) is 9.20. The van der Waals surface area contributed by atoms with Gasteiger partial charge in [0.25, 0.3) is 0 Å².